The number of morpholine rings is 1. The van der Waals surface area contributed by atoms with Crippen LogP contribution in [0.3, 0.4) is 0 Å². The number of carbonyl (C=O) groups is 1. The molecule has 0 unspecified atom stereocenters. The number of aromatic amines is 1. The Bertz CT molecular complexity index is 1840. The predicted molar refractivity (Wildman–Crippen MR) is 193 cm³/mol. The third kappa shape index (κ3) is 7.46. The maximum absolute atomic E-state index is 14.2. The molecule has 2 N–H and O–H groups in total. The molecule has 1 aromatic heterocycles. The molecule has 2 saturated heterocycles. The highest BCUT2D eigenvalue weighted by Gasteiger charge is 2.25. The van der Waals surface area contributed by atoms with E-state index < -0.39 is 0 Å². The number of carbonyl (C=O) groups excluding carboxylic acids is 1. The van der Waals surface area contributed by atoms with Crippen LogP contribution in [-0.4, -0.2) is 82.1 Å². The molecular formula is C39H48N4O6. The molecule has 49 heavy (non-hydrogen) atoms. The van der Waals surface area contributed by atoms with Gasteiger partial charge in [0.25, 0.3) is 11.5 Å². The summed E-state index contributed by atoms with van der Waals surface area (Å²) in [6.45, 7) is 12.7. The number of hydrogen-bond acceptors (Lipinski definition) is 8. The van der Waals surface area contributed by atoms with Crippen molar-refractivity contribution >= 4 is 22.4 Å². The number of aryl methyl sites for hydroxylation is 1. The van der Waals surface area contributed by atoms with Crippen LogP contribution in [0.25, 0.3) is 21.9 Å². The molecule has 0 atom stereocenters. The average molecular weight is 669 g/mol. The number of methoxy groups -OCH3 is 2. The van der Waals surface area contributed by atoms with Crippen LogP contribution in [0.4, 0.5) is 5.69 Å². The number of benzene rings is 3. The number of nitrogens with one attached hydrogen (secondary N) is 2. The molecule has 4 aromatic rings. The number of fused-ring (bicyclic) bond motifs is 1. The maximum Gasteiger partial charge on any atom is 0.253 e. The van der Waals surface area contributed by atoms with E-state index in [1.54, 1.807) is 20.3 Å². The van der Waals surface area contributed by atoms with Gasteiger partial charge in [0, 0.05) is 79.9 Å². The molecule has 6 rings (SSSR count). The molecule has 2 fully saturated rings. The van der Waals surface area contributed by atoms with Gasteiger partial charge >= 0.3 is 0 Å². The van der Waals surface area contributed by atoms with E-state index in [9.17, 15) is 9.59 Å². The van der Waals surface area contributed by atoms with Crippen LogP contribution in [0.15, 0.2) is 53.3 Å². The van der Waals surface area contributed by atoms with Gasteiger partial charge in [0.15, 0.2) is 11.5 Å². The molecule has 0 saturated carbocycles. The van der Waals surface area contributed by atoms with Gasteiger partial charge in [-0.15, -0.1) is 0 Å². The molecular weight excluding hydrogens is 620 g/mol. The second-order valence-corrected chi connectivity index (χ2v) is 12.9. The zero-order chi connectivity index (χ0) is 34.5. The second-order valence-electron chi connectivity index (χ2n) is 12.9. The number of aromatic nitrogens is 1. The fourth-order valence-corrected chi connectivity index (χ4v) is 7.16. The van der Waals surface area contributed by atoms with Gasteiger partial charge in [-0.05, 0) is 85.5 Å². The van der Waals surface area contributed by atoms with Crippen LogP contribution in [0.2, 0.25) is 0 Å². The Morgan fingerprint density at radius 3 is 2.22 bits per heavy atom. The number of H-pyrrole nitrogens is 1. The Hall–Kier alpha value is -4.38. The molecule has 3 aromatic carbocycles. The van der Waals surface area contributed by atoms with Crippen LogP contribution in [0, 0.1) is 13.8 Å². The fourth-order valence-electron chi connectivity index (χ4n) is 7.16. The highest BCUT2D eigenvalue weighted by Crippen LogP contribution is 2.36. The van der Waals surface area contributed by atoms with E-state index in [1.807, 2.05) is 26.0 Å². The first-order chi connectivity index (χ1) is 23.8. The summed E-state index contributed by atoms with van der Waals surface area (Å²) in [7, 11) is 3.15. The first-order valence-electron chi connectivity index (χ1n) is 17.2. The van der Waals surface area contributed by atoms with Crippen molar-refractivity contribution in [3.63, 3.8) is 0 Å². The van der Waals surface area contributed by atoms with E-state index >= 15 is 0 Å². The molecule has 3 heterocycles. The van der Waals surface area contributed by atoms with Crippen molar-refractivity contribution in [2.24, 2.45) is 0 Å². The van der Waals surface area contributed by atoms with Gasteiger partial charge in [0.05, 0.1) is 27.4 Å². The molecule has 2 aliphatic heterocycles. The third-order valence-corrected chi connectivity index (χ3v) is 9.96. The lowest BCUT2D eigenvalue weighted by Gasteiger charge is -2.37. The Morgan fingerprint density at radius 2 is 1.57 bits per heavy atom. The Labute approximate surface area is 288 Å². The van der Waals surface area contributed by atoms with Crippen LogP contribution in [0.5, 0.6) is 11.5 Å². The van der Waals surface area contributed by atoms with E-state index in [-0.39, 0.29) is 18.0 Å². The van der Waals surface area contributed by atoms with Gasteiger partial charge in [-0.3, -0.25) is 14.5 Å². The summed E-state index contributed by atoms with van der Waals surface area (Å²) < 4.78 is 22.2. The molecule has 0 spiro atoms. The number of ether oxygens (including phenoxy) is 4. The van der Waals surface area contributed by atoms with E-state index in [4.69, 9.17) is 18.9 Å². The van der Waals surface area contributed by atoms with Crippen LogP contribution >= 0.6 is 0 Å². The summed E-state index contributed by atoms with van der Waals surface area (Å²) in [5.74, 6) is 0.852. The normalized spacial score (nSPS) is 15.7. The van der Waals surface area contributed by atoms with Gasteiger partial charge < -0.3 is 34.1 Å². The Kier molecular flexibility index (Phi) is 10.9. The monoisotopic (exact) mass is 668 g/mol. The van der Waals surface area contributed by atoms with E-state index in [0.717, 1.165) is 93.2 Å². The molecule has 10 heteroatoms. The minimum atomic E-state index is -0.252. The number of amides is 1. The topological polar surface area (TPSA) is 105 Å². The highest BCUT2D eigenvalue weighted by atomic mass is 16.5. The predicted octanol–water partition coefficient (Wildman–Crippen LogP) is 5.60. The zero-order valence-corrected chi connectivity index (χ0v) is 29.3. The summed E-state index contributed by atoms with van der Waals surface area (Å²) >= 11 is 0. The fraction of sp³-hybridized carbons (Fsp3) is 0.436. The van der Waals surface area contributed by atoms with Crippen molar-refractivity contribution in [3.05, 3.63) is 86.8 Å². The van der Waals surface area contributed by atoms with Gasteiger partial charge in [-0.1, -0.05) is 24.3 Å². The van der Waals surface area contributed by atoms with Gasteiger partial charge in [-0.2, -0.15) is 0 Å². The molecule has 0 bridgehead atoms. The SMILES string of the molecule is CCN(c1cc(-c2ccc(CN3CCOCC3)cc2)cc(C(=O)NCc2c(=O)[nH]c(C)c3cc(OC)c(OC)cc23)c1C)C1CCOCC1. The van der Waals surface area contributed by atoms with Crippen LogP contribution in [0.1, 0.15) is 52.5 Å². The van der Waals surface area contributed by atoms with Crippen molar-refractivity contribution in [3.8, 4) is 22.6 Å². The highest BCUT2D eigenvalue weighted by molar-refractivity contribution is 5.99. The van der Waals surface area contributed by atoms with Crippen molar-refractivity contribution in [1.82, 2.24) is 15.2 Å². The first-order valence-corrected chi connectivity index (χ1v) is 17.2. The Balaban J connectivity index is 1.34. The lowest BCUT2D eigenvalue weighted by Crippen LogP contribution is -2.40. The minimum absolute atomic E-state index is 0.0487. The summed E-state index contributed by atoms with van der Waals surface area (Å²) in [6, 6.07) is 16.8. The average Bonchev–Trinajstić information content (AvgIpc) is 3.13. The van der Waals surface area contributed by atoms with Crippen molar-refractivity contribution < 1.29 is 23.7 Å². The quantitative estimate of drug-likeness (QED) is 0.213. The van der Waals surface area contributed by atoms with Gasteiger partial charge in [0.2, 0.25) is 0 Å². The van der Waals surface area contributed by atoms with E-state index in [0.29, 0.717) is 39.7 Å². The number of rotatable bonds is 11. The standard InChI is InChI=1S/C39H48N4O6/c1-6-43(30-11-15-48-16-12-30)35-20-29(28-9-7-27(8-10-28)24-42-13-17-49-18-14-42)19-31(25(35)2)38(44)40-23-34-33-22-37(47-5)36(46-4)21-32(33)26(3)41-39(34)45/h7-10,19-22,30H,6,11-18,23-24H2,1-5H3,(H,40,44)(H,41,45). The van der Waals surface area contributed by atoms with Crippen molar-refractivity contribution in [2.45, 2.75) is 52.7 Å². The maximum atomic E-state index is 14.2. The molecule has 1 amide bonds. The number of nitrogens with zero attached hydrogens (tertiary/aromatic N) is 2. The molecule has 0 aliphatic carbocycles. The second kappa shape index (κ2) is 15.4. The summed E-state index contributed by atoms with van der Waals surface area (Å²) in [6.07, 6.45) is 1.87. The summed E-state index contributed by atoms with van der Waals surface area (Å²) in [5.41, 5.74) is 6.73. The van der Waals surface area contributed by atoms with Gasteiger partial charge in [0.1, 0.15) is 0 Å². The summed E-state index contributed by atoms with van der Waals surface area (Å²) in [4.78, 5) is 35.2. The summed E-state index contributed by atoms with van der Waals surface area (Å²) in [5, 5.41) is 4.62. The first kappa shape index (κ1) is 34.5. The third-order valence-electron chi connectivity index (χ3n) is 9.96. The zero-order valence-electron chi connectivity index (χ0n) is 29.3. The van der Waals surface area contributed by atoms with E-state index in [2.05, 4.69) is 57.4 Å². The number of anilines is 1. The number of hydrogen-bond donors (Lipinski definition) is 2. The largest absolute Gasteiger partial charge is 0.493 e. The number of pyridine rings is 1. The van der Waals surface area contributed by atoms with Crippen molar-refractivity contribution in [2.75, 3.05) is 65.2 Å². The lowest BCUT2D eigenvalue weighted by atomic mass is 9.94. The molecule has 10 nitrogen and oxygen atoms in total. The van der Waals surface area contributed by atoms with Crippen LogP contribution in [-0.2, 0) is 22.6 Å². The lowest BCUT2D eigenvalue weighted by molar-refractivity contribution is 0.0342. The molecule has 2 aliphatic rings. The van der Waals surface area contributed by atoms with Crippen molar-refractivity contribution in [1.29, 1.82) is 0 Å². The Morgan fingerprint density at radius 1 is 0.918 bits per heavy atom. The molecule has 260 valence electrons. The molecule has 0 radical (unpaired) electrons. The smallest absolute Gasteiger partial charge is 0.253 e. The minimum Gasteiger partial charge on any atom is -0.493 e. The van der Waals surface area contributed by atoms with Gasteiger partial charge in [-0.25, -0.2) is 0 Å². The van der Waals surface area contributed by atoms with Crippen LogP contribution < -0.4 is 25.2 Å². The van der Waals surface area contributed by atoms with E-state index in [1.165, 1.54) is 5.56 Å².